The lowest BCUT2D eigenvalue weighted by Gasteiger charge is -2.28. The molecule has 0 unspecified atom stereocenters. The number of hydrogen-bond donors (Lipinski definition) is 1. The SMILES string of the molecule is Cc1c(CN2CCc3[nH]c(=S)ncc3C2)cnn1-c1ccc(F)cc1. The molecule has 25 heavy (non-hydrogen) atoms. The van der Waals surface area contributed by atoms with Crippen molar-refractivity contribution in [3.63, 3.8) is 0 Å². The van der Waals surface area contributed by atoms with Crippen molar-refractivity contribution in [2.45, 2.75) is 26.4 Å². The Balaban J connectivity index is 1.53. The summed E-state index contributed by atoms with van der Waals surface area (Å²) >= 11 is 5.09. The summed E-state index contributed by atoms with van der Waals surface area (Å²) in [5.74, 6) is -0.242. The zero-order chi connectivity index (χ0) is 17.4. The smallest absolute Gasteiger partial charge is 0.196 e. The Hall–Kier alpha value is -2.38. The Morgan fingerprint density at radius 3 is 2.84 bits per heavy atom. The summed E-state index contributed by atoms with van der Waals surface area (Å²) in [4.78, 5) is 9.75. The van der Waals surface area contributed by atoms with Gasteiger partial charge in [0.25, 0.3) is 0 Å². The Morgan fingerprint density at radius 2 is 2.04 bits per heavy atom. The van der Waals surface area contributed by atoms with Gasteiger partial charge in [0.1, 0.15) is 5.82 Å². The summed E-state index contributed by atoms with van der Waals surface area (Å²) in [7, 11) is 0. The summed E-state index contributed by atoms with van der Waals surface area (Å²) in [6.07, 6.45) is 4.70. The lowest BCUT2D eigenvalue weighted by Crippen LogP contribution is -2.31. The number of fused-ring (bicyclic) bond motifs is 1. The van der Waals surface area contributed by atoms with Crippen LogP contribution in [0.3, 0.4) is 0 Å². The predicted octanol–water partition coefficient (Wildman–Crippen LogP) is 3.33. The summed E-state index contributed by atoms with van der Waals surface area (Å²) in [5, 5.41) is 4.47. The first-order valence-electron chi connectivity index (χ1n) is 8.19. The van der Waals surface area contributed by atoms with E-state index in [0.717, 1.165) is 37.4 Å². The van der Waals surface area contributed by atoms with Crippen molar-refractivity contribution >= 4 is 12.2 Å². The van der Waals surface area contributed by atoms with Crippen LogP contribution in [0.2, 0.25) is 0 Å². The van der Waals surface area contributed by atoms with Gasteiger partial charge in [0.2, 0.25) is 0 Å². The molecule has 2 aromatic heterocycles. The molecule has 1 N–H and O–H groups in total. The van der Waals surface area contributed by atoms with E-state index in [1.807, 2.05) is 24.0 Å². The third-order valence-corrected chi connectivity index (χ3v) is 4.84. The number of H-pyrrole nitrogens is 1. The molecule has 1 aliphatic rings. The quantitative estimate of drug-likeness (QED) is 0.732. The van der Waals surface area contributed by atoms with Crippen LogP contribution in [0.4, 0.5) is 4.39 Å². The van der Waals surface area contributed by atoms with E-state index in [4.69, 9.17) is 12.2 Å². The minimum Gasteiger partial charge on any atom is -0.334 e. The van der Waals surface area contributed by atoms with E-state index in [2.05, 4.69) is 20.0 Å². The highest BCUT2D eigenvalue weighted by atomic mass is 32.1. The predicted molar refractivity (Wildman–Crippen MR) is 95.5 cm³/mol. The monoisotopic (exact) mass is 355 g/mol. The molecule has 0 fully saturated rings. The number of halogens is 1. The van der Waals surface area contributed by atoms with Crippen molar-refractivity contribution in [1.82, 2.24) is 24.6 Å². The second kappa shape index (κ2) is 6.50. The molecule has 0 bridgehead atoms. The van der Waals surface area contributed by atoms with Gasteiger partial charge in [-0.15, -0.1) is 0 Å². The van der Waals surface area contributed by atoms with Gasteiger partial charge >= 0.3 is 0 Å². The molecule has 0 amide bonds. The summed E-state index contributed by atoms with van der Waals surface area (Å²) in [5.41, 5.74) is 5.50. The van der Waals surface area contributed by atoms with Gasteiger partial charge in [0, 0.05) is 54.8 Å². The average molecular weight is 355 g/mol. The van der Waals surface area contributed by atoms with E-state index < -0.39 is 0 Å². The molecule has 0 radical (unpaired) electrons. The standard InChI is InChI=1S/C18H18FN5S/c1-12-13(9-21-24(12)16-4-2-15(19)3-5-16)10-23-7-6-17-14(11-23)8-20-18(25)22-17/h2-5,8-9H,6-7,10-11H2,1H3,(H,20,22,25). The highest BCUT2D eigenvalue weighted by Gasteiger charge is 2.19. The van der Waals surface area contributed by atoms with Gasteiger partial charge in [-0.1, -0.05) is 0 Å². The molecule has 0 spiro atoms. The maximum atomic E-state index is 13.1. The Morgan fingerprint density at radius 1 is 1.24 bits per heavy atom. The number of benzene rings is 1. The van der Waals surface area contributed by atoms with Crippen molar-refractivity contribution in [3.05, 3.63) is 69.8 Å². The fourth-order valence-corrected chi connectivity index (χ4v) is 3.40. The number of hydrogen-bond acceptors (Lipinski definition) is 4. The van der Waals surface area contributed by atoms with Gasteiger partial charge in [-0.3, -0.25) is 4.90 Å². The highest BCUT2D eigenvalue weighted by Crippen LogP contribution is 2.21. The largest absolute Gasteiger partial charge is 0.334 e. The topological polar surface area (TPSA) is 49.7 Å². The minimum absolute atomic E-state index is 0.242. The van der Waals surface area contributed by atoms with Crippen molar-refractivity contribution in [2.75, 3.05) is 6.54 Å². The summed E-state index contributed by atoms with van der Waals surface area (Å²) in [6, 6.07) is 6.39. The van der Waals surface area contributed by atoms with Crippen LogP contribution < -0.4 is 0 Å². The molecule has 1 aromatic carbocycles. The van der Waals surface area contributed by atoms with E-state index in [-0.39, 0.29) is 5.82 Å². The van der Waals surface area contributed by atoms with Crippen LogP contribution in [0.15, 0.2) is 36.7 Å². The van der Waals surface area contributed by atoms with Gasteiger partial charge in [0.05, 0.1) is 11.9 Å². The van der Waals surface area contributed by atoms with E-state index in [1.165, 1.54) is 29.0 Å². The molecular formula is C18H18FN5S. The first-order chi connectivity index (χ1) is 12.1. The molecule has 0 saturated heterocycles. The number of aromatic amines is 1. The minimum atomic E-state index is -0.242. The molecule has 3 heterocycles. The van der Waals surface area contributed by atoms with Crippen LogP contribution in [-0.2, 0) is 19.5 Å². The molecule has 7 heteroatoms. The van der Waals surface area contributed by atoms with Gasteiger partial charge in [0.15, 0.2) is 4.77 Å². The van der Waals surface area contributed by atoms with E-state index >= 15 is 0 Å². The number of nitrogens with one attached hydrogen (secondary N) is 1. The molecule has 0 atom stereocenters. The van der Waals surface area contributed by atoms with Gasteiger partial charge in [-0.25, -0.2) is 14.1 Å². The second-order valence-electron chi connectivity index (χ2n) is 6.30. The fourth-order valence-electron chi connectivity index (χ4n) is 3.22. The highest BCUT2D eigenvalue weighted by molar-refractivity contribution is 7.71. The molecule has 4 rings (SSSR count). The van der Waals surface area contributed by atoms with Crippen LogP contribution >= 0.6 is 12.2 Å². The van der Waals surface area contributed by atoms with Crippen molar-refractivity contribution < 1.29 is 4.39 Å². The lowest BCUT2D eigenvalue weighted by atomic mass is 10.1. The Labute approximate surface area is 150 Å². The lowest BCUT2D eigenvalue weighted by molar-refractivity contribution is 0.242. The zero-order valence-corrected chi connectivity index (χ0v) is 14.7. The number of aromatic nitrogens is 4. The normalized spacial score (nSPS) is 14.5. The van der Waals surface area contributed by atoms with E-state index in [9.17, 15) is 4.39 Å². The zero-order valence-electron chi connectivity index (χ0n) is 13.9. The number of nitrogens with zero attached hydrogens (tertiary/aromatic N) is 4. The maximum absolute atomic E-state index is 13.1. The molecule has 3 aromatic rings. The third kappa shape index (κ3) is 3.25. The molecule has 1 aliphatic heterocycles. The van der Waals surface area contributed by atoms with Crippen LogP contribution in [0, 0.1) is 17.5 Å². The maximum Gasteiger partial charge on any atom is 0.196 e. The Kier molecular flexibility index (Phi) is 4.19. The summed E-state index contributed by atoms with van der Waals surface area (Å²) < 4.78 is 15.5. The second-order valence-corrected chi connectivity index (χ2v) is 6.68. The first-order valence-corrected chi connectivity index (χ1v) is 8.60. The molecule has 128 valence electrons. The third-order valence-electron chi connectivity index (χ3n) is 4.63. The molecule has 0 saturated carbocycles. The summed E-state index contributed by atoms with van der Waals surface area (Å²) in [6.45, 7) is 4.67. The number of rotatable bonds is 3. The van der Waals surface area contributed by atoms with Crippen LogP contribution in [-0.4, -0.2) is 31.2 Å². The van der Waals surface area contributed by atoms with Crippen molar-refractivity contribution in [2.24, 2.45) is 0 Å². The van der Waals surface area contributed by atoms with E-state index in [0.29, 0.717) is 4.77 Å². The van der Waals surface area contributed by atoms with Crippen LogP contribution in [0.25, 0.3) is 5.69 Å². The van der Waals surface area contributed by atoms with E-state index in [1.54, 1.807) is 12.1 Å². The molecular weight excluding hydrogens is 337 g/mol. The van der Waals surface area contributed by atoms with Crippen LogP contribution in [0.1, 0.15) is 22.5 Å². The van der Waals surface area contributed by atoms with Crippen LogP contribution in [0.5, 0.6) is 0 Å². The molecule has 0 aliphatic carbocycles. The first kappa shape index (κ1) is 16.1. The van der Waals surface area contributed by atoms with Crippen molar-refractivity contribution in [1.29, 1.82) is 0 Å². The van der Waals surface area contributed by atoms with Crippen molar-refractivity contribution in [3.8, 4) is 5.69 Å². The van der Waals surface area contributed by atoms with Gasteiger partial charge < -0.3 is 4.98 Å². The average Bonchev–Trinajstić information content (AvgIpc) is 2.96. The molecule has 5 nitrogen and oxygen atoms in total. The van der Waals surface area contributed by atoms with Gasteiger partial charge in [-0.2, -0.15) is 5.10 Å². The fraction of sp³-hybridized carbons (Fsp3) is 0.278. The Bertz CT molecular complexity index is 960. The van der Waals surface area contributed by atoms with Gasteiger partial charge in [-0.05, 0) is 43.4 Å².